The van der Waals surface area contributed by atoms with Gasteiger partial charge in [0, 0.05) is 10.0 Å². The molecule has 1 fully saturated rings. The lowest BCUT2D eigenvalue weighted by atomic mass is 10.2. The van der Waals surface area contributed by atoms with Gasteiger partial charge in [0.2, 0.25) is 0 Å². The van der Waals surface area contributed by atoms with E-state index in [1.54, 1.807) is 36.4 Å². The minimum atomic E-state index is -0.132. The number of nitrogens with zero attached hydrogens (tertiary/aromatic N) is 1. The van der Waals surface area contributed by atoms with Crippen LogP contribution in [-0.4, -0.2) is 10.2 Å². The van der Waals surface area contributed by atoms with Crippen LogP contribution in [0.3, 0.4) is 0 Å². The lowest BCUT2D eigenvalue weighted by molar-refractivity contribution is -0.113. The smallest absolute Gasteiger partial charge is 0.268 e. The molecule has 0 aliphatic carbocycles. The van der Waals surface area contributed by atoms with Crippen LogP contribution in [0.4, 0.5) is 5.69 Å². The van der Waals surface area contributed by atoms with Crippen molar-refractivity contribution < 1.29 is 4.79 Å². The van der Waals surface area contributed by atoms with Crippen molar-refractivity contribution in [2.75, 3.05) is 4.90 Å². The van der Waals surface area contributed by atoms with Crippen LogP contribution in [-0.2, 0) is 4.79 Å². The number of benzene rings is 2. The minimum Gasteiger partial charge on any atom is -0.268 e. The summed E-state index contributed by atoms with van der Waals surface area (Å²) in [5, 5.41) is 1.27. The van der Waals surface area contributed by atoms with E-state index in [-0.39, 0.29) is 5.91 Å². The number of amides is 1. The van der Waals surface area contributed by atoms with E-state index in [1.165, 1.54) is 16.7 Å². The lowest BCUT2D eigenvalue weighted by Gasteiger charge is -2.14. The molecule has 2 nitrogen and oxygen atoms in total. The van der Waals surface area contributed by atoms with Gasteiger partial charge < -0.3 is 0 Å². The zero-order valence-corrected chi connectivity index (χ0v) is 14.3. The maximum Gasteiger partial charge on any atom is 0.270 e. The SMILES string of the molecule is O=C1/C(=C\c2ccc(Cl)cc2)SC(=S)N1c1ccc(Cl)cc1. The van der Waals surface area contributed by atoms with Crippen molar-refractivity contribution in [3.63, 3.8) is 0 Å². The third-order valence-electron chi connectivity index (χ3n) is 3.05. The molecule has 0 bridgehead atoms. The standard InChI is InChI=1S/C16H9Cl2NOS2/c17-11-3-1-10(2-4-11)9-14-15(20)19(16(21)22-14)13-7-5-12(18)6-8-13/h1-9H/b14-9+. The summed E-state index contributed by atoms with van der Waals surface area (Å²) in [7, 11) is 0. The predicted octanol–water partition coefficient (Wildman–Crippen LogP) is 5.40. The van der Waals surface area contributed by atoms with E-state index in [9.17, 15) is 4.79 Å². The van der Waals surface area contributed by atoms with Gasteiger partial charge in [0.1, 0.15) is 0 Å². The van der Waals surface area contributed by atoms with E-state index >= 15 is 0 Å². The Balaban J connectivity index is 1.91. The number of carbonyl (C=O) groups is 1. The first-order valence-electron chi connectivity index (χ1n) is 6.34. The lowest BCUT2D eigenvalue weighted by Crippen LogP contribution is -2.27. The van der Waals surface area contributed by atoms with Crippen LogP contribution in [0.5, 0.6) is 0 Å². The van der Waals surface area contributed by atoms with E-state index < -0.39 is 0 Å². The van der Waals surface area contributed by atoms with Gasteiger partial charge in [0.25, 0.3) is 5.91 Å². The van der Waals surface area contributed by atoms with Crippen LogP contribution < -0.4 is 4.90 Å². The zero-order valence-electron chi connectivity index (χ0n) is 11.1. The molecule has 0 unspecified atom stereocenters. The summed E-state index contributed by atoms with van der Waals surface area (Å²) in [4.78, 5) is 14.7. The number of thioether (sulfide) groups is 1. The zero-order chi connectivity index (χ0) is 15.7. The maximum atomic E-state index is 12.6. The van der Waals surface area contributed by atoms with Crippen molar-refractivity contribution in [1.29, 1.82) is 0 Å². The van der Waals surface area contributed by atoms with Crippen molar-refractivity contribution >= 4 is 69.2 Å². The van der Waals surface area contributed by atoms with Gasteiger partial charge in [-0.05, 0) is 48.0 Å². The highest BCUT2D eigenvalue weighted by molar-refractivity contribution is 8.27. The fraction of sp³-hybridized carbons (Fsp3) is 0. The van der Waals surface area contributed by atoms with E-state index in [0.717, 1.165) is 5.56 Å². The van der Waals surface area contributed by atoms with Crippen LogP contribution in [0.1, 0.15) is 5.56 Å². The molecule has 1 aliphatic rings. The molecule has 0 atom stereocenters. The molecule has 22 heavy (non-hydrogen) atoms. The topological polar surface area (TPSA) is 20.3 Å². The van der Waals surface area contributed by atoms with Crippen LogP contribution in [0.25, 0.3) is 6.08 Å². The molecule has 1 aliphatic heterocycles. The molecule has 1 amide bonds. The number of carbonyl (C=O) groups excluding carboxylic acids is 1. The fourth-order valence-electron chi connectivity index (χ4n) is 1.99. The van der Waals surface area contributed by atoms with E-state index in [4.69, 9.17) is 35.4 Å². The van der Waals surface area contributed by atoms with Gasteiger partial charge in [-0.15, -0.1) is 0 Å². The Morgan fingerprint density at radius 2 is 1.50 bits per heavy atom. The Bertz CT molecular complexity index is 770. The van der Waals surface area contributed by atoms with Crippen LogP contribution in [0.15, 0.2) is 53.4 Å². The number of halogens is 2. The highest BCUT2D eigenvalue weighted by Gasteiger charge is 2.33. The average molecular weight is 366 g/mol. The number of thiocarbonyl (C=S) groups is 1. The molecule has 6 heteroatoms. The Labute approximate surface area is 147 Å². The second-order valence-electron chi connectivity index (χ2n) is 4.55. The predicted molar refractivity (Wildman–Crippen MR) is 98.6 cm³/mol. The molecule has 3 rings (SSSR count). The normalized spacial score (nSPS) is 16.6. The maximum absolute atomic E-state index is 12.6. The summed E-state index contributed by atoms with van der Waals surface area (Å²) in [5.41, 5.74) is 1.62. The van der Waals surface area contributed by atoms with Crippen molar-refractivity contribution in [2.45, 2.75) is 0 Å². The third kappa shape index (κ3) is 3.20. The van der Waals surface area contributed by atoms with Crippen LogP contribution in [0.2, 0.25) is 10.0 Å². The Morgan fingerprint density at radius 1 is 0.955 bits per heavy atom. The molecule has 1 saturated heterocycles. The van der Waals surface area contributed by atoms with Gasteiger partial charge in [-0.1, -0.05) is 59.3 Å². The summed E-state index contributed by atoms with van der Waals surface area (Å²) < 4.78 is 0.507. The van der Waals surface area contributed by atoms with Crippen LogP contribution >= 0.6 is 47.2 Å². The molecular weight excluding hydrogens is 357 g/mol. The van der Waals surface area contributed by atoms with E-state index in [1.807, 2.05) is 18.2 Å². The number of rotatable bonds is 2. The summed E-state index contributed by atoms with van der Waals surface area (Å²) in [6.07, 6.45) is 1.81. The number of hydrogen-bond acceptors (Lipinski definition) is 3. The van der Waals surface area contributed by atoms with Gasteiger partial charge in [-0.2, -0.15) is 0 Å². The molecule has 0 N–H and O–H groups in total. The molecule has 2 aromatic rings. The summed E-state index contributed by atoms with van der Waals surface area (Å²) in [6, 6.07) is 14.3. The fourth-order valence-corrected chi connectivity index (χ4v) is 3.54. The number of anilines is 1. The molecule has 0 radical (unpaired) electrons. The molecule has 0 aromatic heterocycles. The Morgan fingerprint density at radius 3 is 2.09 bits per heavy atom. The summed E-state index contributed by atoms with van der Waals surface area (Å²) in [6.45, 7) is 0. The van der Waals surface area contributed by atoms with Crippen LogP contribution in [0, 0.1) is 0 Å². The molecular formula is C16H9Cl2NOS2. The number of hydrogen-bond donors (Lipinski definition) is 0. The van der Waals surface area contributed by atoms with Gasteiger partial charge in [0.05, 0.1) is 10.6 Å². The van der Waals surface area contributed by atoms with Gasteiger partial charge in [-0.25, -0.2) is 0 Å². The molecule has 0 saturated carbocycles. The first-order valence-corrected chi connectivity index (χ1v) is 8.32. The van der Waals surface area contributed by atoms with Crippen molar-refractivity contribution in [3.05, 3.63) is 69.0 Å². The first kappa shape index (κ1) is 15.6. The van der Waals surface area contributed by atoms with Crippen molar-refractivity contribution in [3.8, 4) is 0 Å². The Kier molecular flexibility index (Phi) is 4.54. The first-order chi connectivity index (χ1) is 10.5. The minimum absolute atomic E-state index is 0.132. The molecule has 0 spiro atoms. The van der Waals surface area contributed by atoms with Crippen molar-refractivity contribution in [1.82, 2.24) is 0 Å². The Hall–Kier alpha value is -1.33. The monoisotopic (exact) mass is 365 g/mol. The van der Waals surface area contributed by atoms with Gasteiger partial charge in [-0.3, -0.25) is 9.69 Å². The van der Waals surface area contributed by atoms with E-state index in [0.29, 0.717) is 25.0 Å². The average Bonchev–Trinajstić information content (AvgIpc) is 2.77. The summed E-state index contributed by atoms with van der Waals surface area (Å²) in [5.74, 6) is -0.132. The second-order valence-corrected chi connectivity index (χ2v) is 7.09. The van der Waals surface area contributed by atoms with Gasteiger partial charge >= 0.3 is 0 Å². The second kappa shape index (κ2) is 6.42. The molecule has 2 aromatic carbocycles. The van der Waals surface area contributed by atoms with Gasteiger partial charge in [0.15, 0.2) is 4.32 Å². The highest BCUT2D eigenvalue weighted by Crippen LogP contribution is 2.36. The van der Waals surface area contributed by atoms with Crippen molar-refractivity contribution in [2.24, 2.45) is 0 Å². The quantitative estimate of drug-likeness (QED) is 0.524. The summed E-state index contributed by atoms with van der Waals surface area (Å²) >= 11 is 18.3. The molecule has 110 valence electrons. The molecule has 1 heterocycles. The highest BCUT2D eigenvalue weighted by atomic mass is 35.5. The largest absolute Gasteiger partial charge is 0.270 e. The van der Waals surface area contributed by atoms with E-state index in [2.05, 4.69) is 0 Å². The third-order valence-corrected chi connectivity index (χ3v) is 4.85.